The summed E-state index contributed by atoms with van der Waals surface area (Å²) in [7, 11) is 0. The van der Waals surface area contributed by atoms with Crippen molar-refractivity contribution in [3.8, 4) is 0 Å². The van der Waals surface area contributed by atoms with Gasteiger partial charge in [-0.2, -0.15) is 15.8 Å². The van der Waals surface area contributed by atoms with E-state index in [0.29, 0.717) is 6.54 Å². The van der Waals surface area contributed by atoms with Gasteiger partial charge in [-0.15, -0.1) is 0 Å². The van der Waals surface area contributed by atoms with E-state index in [2.05, 4.69) is 33.9 Å². The molecule has 0 aliphatic heterocycles. The van der Waals surface area contributed by atoms with Gasteiger partial charge in [-0.25, -0.2) is 0 Å². The van der Waals surface area contributed by atoms with Gasteiger partial charge in [0, 0.05) is 12.2 Å². The Kier molecular flexibility index (Phi) is 5.70. The molecule has 1 aromatic carbocycles. The van der Waals surface area contributed by atoms with Crippen LogP contribution in [-0.2, 0) is 0 Å². The van der Waals surface area contributed by atoms with Crippen molar-refractivity contribution in [2.45, 2.75) is 19.8 Å². The number of nitrogens with zero attached hydrogens (tertiary/aromatic N) is 3. The molecule has 21 heavy (non-hydrogen) atoms. The Labute approximate surface area is 125 Å². The predicted octanol–water partition coefficient (Wildman–Crippen LogP) is 3.98. The molecule has 1 aromatic rings. The predicted molar refractivity (Wildman–Crippen MR) is 86.5 cm³/mol. The minimum Gasteiger partial charge on any atom is -0.381 e. The lowest BCUT2D eigenvalue weighted by molar-refractivity contribution is 0.291. The number of rotatable bonds is 7. The Morgan fingerprint density at radius 3 is 2.71 bits per heavy atom. The molecule has 0 aromatic heterocycles. The van der Waals surface area contributed by atoms with E-state index in [1.807, 2.05) is 31.2 Å². The second-order valence-corrected chi connectivity index (χ2v) is 4.77. The fraction of sp³-hybridized carbons (Fsp3) is 0.312. The van der Waals surface area contributed by atoms with Crippen LogP contribution in [0.15, 0.2) is 58.4 Å². The molecule has 0 heterocycles. The molecule has 2 N–H and O–H groups in total. The second kappa shape index (κ2) is 7.99. The van der Waals surface area contributed by atoms with Crippen LogP contribution in [0.3, 0.4) is 0 Å². The van der Waals surface area contributed by atoms with Crippen molar-refractivity contribution in [2.75, 3.05) is 18.4 Å². The van der Waals surface area contributed by atoms with E-state index < -0.39 is 0 Å². The van der Waals surface area contributed by atoms with Crippen LogP contribution in [0, 0.1) is 5.53 Å². The summed E-state index contributed by atoms with van der Waals surface area (Å²) in [5.41, 5.74) is 10.3. The van der Waals surface area contributed by atoms with E-state index in [-0.39, 0.29) is 0 Å². The average Bonchev–Trinajstić information content (AvgIpc) is 2.56. The van der Waals surface area contributed by atoms with E-state index in [1.54, 1.807) is 6.21 Å². The van der Waals surface area contributed by atoms with Gasteiger partial charge in [-0.1, -0.05) is 35.6 Å². The van der Waals surface area contributed by atoms with Crippen molar-refractivity contribution in [3.63, 3.8) is 0 Å². The smallest absolute Gasteiger partial charge is 0.0596 e. The van der Waals surface area contributed by atoms with Gasteiger partial charge < -0.3 is 5.32 Å². The third-order valence-corrected chi connectivity index (χ3v) is 3.22. The van der Waals surface area contributed by atoms with Gasteiger partial charge in [0.05, 0.1) is 12.8 Å². The summed E-state index contributed by atoms with van der Waals surface area (Å²) in [5, 5.41) is 12.1. The lowest BCUT2D eigenvalue weighted by Crippen LogP contribution is -2.07. The molecule has 1 aliphatic rings. The molecule has 0 radical (unpaired) electrons. The molecule has 0 atom stereocenters. The van der Waals surface area contributed by atoms with Crippen LogP contribution in [-0.4, -0.2) is 24.4 Å². The monoisotopic (exact) mass is 283 g/mol. The van der Waals surface area contributed by atoms with Gasteiger partial charge >= 0.3 is 0 Å². The number of allylic oxidation sites excluding steroid dienone is 2. The normalized spacial score (nSPS) is 14.0. The third-order valence-electron chi connectivity index (χ3n) is 3.22. The summed E-state index contributed by atoms with van der Waals surface area (Å²) in [6, 6.07) is 8.05. The molecular weight excluding hydrogens is 262 g/mol. The van der Waals surface area contributed by atoms with Crippen molar-refractivity contribution in [3.05, 3.63) is 53.6 Å². The molecule has 0 fully saturated rings. The van der Waals surface area contributed by atoms with Gasteiger partial charge in [0.15, 0.2) is 0 Å². The number of benzene rings is 1. The molecule has 0 amide bonds. The maximum atomic E-state index is 6.93. The van der Waals surface area contributed by atoms with E-state index in [0.717, 1.165) is 30.6 Å². The van der Waals surface area contributed by atoms with Crippen molar-refractivity contribution < 1.29 is 0 Å². The van der Waals surface area contributed by atoms with Crippen LogP contribution in [0.4, 0.5) is 5.69 Å². The molecule has 5 heteroatoms. The SMILES string of the molecule is CCN(N=N)/N=C/c1ccc(NCC2=CCCC=C2)cc1. The van der Waals surface area contributed by atoms with E-state index in [9.17, 15) is 0 Å². The lowest BCUT2D eigenvalue weighted by atomic mass is 10.1. The summed E-state index contributed by atoms with van der Waals surface area (Å²) < 4.78 is 0. The zero-order valence-corrected chi connectivity index (χ0v) is 12.3. The molecule has 0 saturated carbocycles. The highest BCUT2D eigenvalue weighted by atomic mass is 15.7. The van der Waals surface area contributed by atoms with E-state index in [1.165, 1.54) is 10.7 Å². The van der Waals surface area contributed by atoms with Crippen LogP contribution in [0.1, 0.15) is 25.3 Å². The maximum absolute atomic E-state index is 6.93. The highest BCUT2D eigenvalue weighted by Gasteiger charge is 1.98. The third kappa shape index (κ3) is 4.87. The molecule has 1 aliphatic carbocycles. The lowest BCUT2D eigenvalue weighted by Gasteiger charge is -2.10. The topological polar surface area (TPSA) is 63.8 Å². The first-order valence-corrected chi connectivity index (χ1v) is 7.20. The number of hydrazone groups is 1. The quantitative estimate of drug-likeness (QED) is 0.451. The Bertz CT molecular complexity index is 542. The molecule has 5 nitrogen and oxygen atoms in total. The zero-order chi connectivity index (χ0) is 14.9. The first-order valence-electron chi connectivity index (χ1n) is 7.20. The Hall–Kier alpha value is -2.43. The maximum Gasteiger partial charge on any atom is 0.0596 e. The highest BCUT2D eigenvalue weighted by molar-refractivity contribution is 5.80. The molecule has 0 unspecified atom stereocenters. The highest BCUT2D eigenvalue weighted by Crippen LogP contribution is 2.13. The summed E-state index contributed by atoms with van der Waals surface area (Å²) in [4.78, 5) is 0. The van der Waals surface area contributed by atoms with Crippen LogP contribution in [0.2, 0.25) is 0 Å². The number of nitrogens with one attached hydrogen (secondary N) is 2. The molecule has 0 saturated heterocycles. The Morgan fingerprint density at radius 1 is 1.29 bits per heavy atom. The zero-order valence-electron chi connectivity index (χ0n) is 12.3. The van der Waals surface area contributed by atoms with Crippen LogP contribution < -0.4 is 5.32 Å². The van der Waals surface area contributed by atoms with Gasteiger partial charge in [0.25, 0.3) is 0 Å². The summed E-state index contributed by atoms with van der Waals surface area (Å²) in [5.74, 6) is 0. The fourth-order valence-electron chi connectivity index (χ4n) is 2.00. The van der Waals surface area contributed by atoms with Crippen molar-refractivity contribution in [1.29, 1.82) is 5.53 Å². The van der Waals surface area contributed by atoms with Crippen molar-refractivity contribution in [1.82, 2.24) is 5.12 Å². The standard InChI is InChI=1S/C16H21N5/c1-2-21(20-17)19-13-15-8-10-16(11-9-15)18-12-14-6-4-3-5-7-14/h4,6-11,13,17-18H,2-3,5,12H2,1H3/b19-13+,20-17?. The number of hydrogen-bond acceptors (Lipinski definition) is 4. The van der Waals surface area contributed by atoms with Gasteiger partial charge in [-0.3, -0.25) is 0 Å². The molecule has 110 valence electrons. The first kappa shape index (κ1) is 15.0. The largest absolute Gasteiger partial charge is 0.381 e. The van der Waals surface area contributed by atoms with Crippen molar-refractivity contribution >= 4 is 11.9 Å². The molecule has 2 rings (SSSR count). The van der Waals surface area contributed by atoms with Crippen LogP contribution in [0.25, 0.3) is 0 Å². The molecule has 0 bridgehead atoms. The van der Waals surface area contributed by atoms with Gasteiger partial charge in [-0.05, 0) is 43.0 Å². The number of hydrogen-bond donors (Lipinski definition) is 2. The summed E-state index contributed by atoms with van der Waals surface area (Å²) >= 11 is 0. The molecular formula is C16H21N5. The van der Waals surface area contributed by atoms with E-state index in [4.69, 9.17) is 5.53 Å². The van der Waals surface area contributed by atoms with E-state index >= 15 is 0 Å². The summed E-state index contributed by atoms with van der Waals surface area (Å²) in [6.45, 7) is 3.34. The minimum absolute atomic E-state index is 0.586. The van der Waals surface area contributed by atoms with Crippen LogP contribution >= 0.6 is 0 Å². The van der Waals surface area contributed by atoms with Gasteiger partial charge in [0.2, 0.25) is 0 Å². The van der Waals surface area contributed by atoms with Gasteiger partial charge in [0.1, 0.15) is 0 Å². The van der Waals surface area contributed by atoms with Crippen molar-refractivity contribution in [2.24, 2.45) is 10.3 Å². The molecule has 0 spiro atoms. The fourth-order valence-corrected chi connectivity index (χ4v) is 2.00. The summed E-state index contributed by atoms with van der Waals surface area (Å²) in [6.07, 6.45) is 10.7. The average molecular weight is 283 g/mol. The Balaban J connectivity index is 1.88. The first-order chi connectivity index (χ1) is 10.3. The minimum atomic E-state index is 0.586. The van der Waals surface area contributed by atoms with Crippen LogP contribution in [0.5, 0.6) is 0 Å². The Morgan fingerprint density at radius 2 is 2.10 bits per heavy atom. The number of anilines is 1. The second-order valence-electron chi connectivity index (χ2n) is 4.77.